The van der Waals surface area contributed by atoms with Crippen molar-refractivity contribution >= 4 is 34.5 Å². The second kappa shape index (κ2) is 3.61. The summed E-state index contributed by atoms with van der Waals surface area (Å²) in [6.07, 6.45) is 0. The molecule has 0 spiro atoms. The van der Waals surface area contributed by atoms with E-state index in [-0.39, 0.29) is 10.2 Å². The number of nitrogens with one attached hydrogen (secondary N) is 1. The first-order chi connectivity index (χ1) is 5.59. The van der Waals surface area contributed by atoms with Crippen molar-refractivity contribution in [2.45, 2.75) is 4.34 Å². The van der Waals surface area contributed by atoms with E-state index in [2.05, 4.69) is 4.98 Å². The first kappa shape index (κ1) is 9.10. The molecule has 1 rings (SSSR count). The number of primary amides is 1. The van der Waals surface area contributed by atoms with Gasteiger partial charge >= 0.3 is 10.4 Å². The van der Waals surface area contributed by atoms with Crippen LogP contribution in [0, 0.1) is 0 Å². The first-order valence-electron chi connectivity index (χ1n) is 2.78. The number of rotatable bonds is 2. The van der Waals surface area contributed by atoms with Crippen LogP contribution in [0.25, 0.3) is 0 Å². The molecule has 5 N–H and O–H groups in total. The summed E-state index contributed by atoms with van der Waals surface area (Å²) < 4.78 is 13.3. The molecule has 8 heteroatoms. The van der Waals surface area contributed by atoms with Gasteiger partial charge in [-0.15, -0.1) is 4.72 Å². The summed E-state index contributed by atoms with van der Waals surface area (Å²) in [5.41, 5.74) is 10.0. The summed E-state index contributed by atoms with van der Waals surface area (Å²) >= 11 is -0.597. The lowest BCUT2D eigenvalue weighted by molar-refractivity contribution is 0.253. The Morgan fingerprint density at radius 2 is 2.50 bits per heavy atom. The third kappa shape index (κ3) is 2.26. The predicted octanol–water partition coefficient (Wildman–Crippen LogP) is -0.584. The summed E-state index contributed by atoms with van der Waals surface area (Å²) in [6, 6.07) is -0.859. The Bertz CT molecular complexity index is 288. The smallest absolute Gasteiger partial charge is 0.354 e. The SMILES string of the molecule is NC(=O)N[S+]([O-])c1nc(N)cs1. The Kier molecular flexibility index (Phi) is 2.74. The number of anilines is 1. The van der Waals surface area contributed by atoms with E-state index in [0.717, 1.165) is 11.3 Å². The fraction of sp³-hybridized carbons (Fsp3) is 0. The number of hydrogen-bond acceptors (Lipinski definition) is 5. The largest absolute Gasteiger partial charge is 0.586 e. The van der Waals surface area contributed by atoms with E-state index >= 15 is 0 Å². The number of thiazole rings is 1. The quantitative estimate of drug-likeness (QED) is 0.561. The van der Waals surface area contributed by atoms with Crippen molar-refractivity contribution in [1.29, 1.82) is 0 Å². The molecule has 0 aromatic carbocycles. The predicted molar refractivity (Wildman–Crippen MR) is 45.7 cm³/mol. The minimum absolute atomic E-state index is 0.228. The Labute approximate surface area is 75.3 Å². The number of nitrogen functional groups attached to an aromatic ring is 1. The molecule has 0 saturated heterocycles. The van der Waals surface area contributed by atoms with Crippen molar-refractivity contribution in [3.05, 3.63) is 5.38 Å². The van der Waals surface area contributed by atoms with Crippen molar-refractivity contribution in [2.75, 3.05) is 5.73 Å². The molecule has 0 aliphatic carbocycles. The van der Waals surface area contributed by atoms with Crippen LogP contribution in [-0.2, 0) is 11.4 Å². The van der Waals surface area contributed by atoms with Gasteiger partial charge in [0.1, 0.15) is 17.2 Å². The highest BCUT2D eigenvalue weighted by molar-refractivity contribution is 7.92. The van der Waals surface area contributed by atoms with Gasteiger partial charge in [0.2, 0.25) is 0 Å². The van der Waals surface area contributed by atoms with Gasteiger partial charge in [-0.1, -0.05) is 11.3 Å². The number of amides is 2. The van der Waals surface area contributed by atoms with Crippen molar-refractivity contribution < 1.29 is 9.35 Å². The van der Waals surface area contributed by atoms with E-state index in [1.807, 2.05) is 4.72 Å². The molecule has 0 bridgehead atoms. The standard InChI is InChI=1S/C4H6N4O2S2/c5-2-1-11-4(7-2)12(10)8-3(6)9/h1H,5H2,(H3,6,8,9). The maximum Gasteiger partial charge on any atom is 0.354 e. The number of carbonyl (C=O) groups is 1. The topological polar surface area (TPSA) is 117 Å². The summed E-state index contributed by atoms with van der Waals surface area (Å²) in [7, 11) is 0. The maximum absolute atomic E-state index is 11.1. The van der Waals surface area contributed by atoms with Crippen LogP contribution in [0.5, 0.6) is 0 Å². The zero-order valence-electron chi connectivity index (χ0n) is 5.81. The van der Waals surface area contributed by atoms with Crippen LogP contribution in [0.3, 0.4) is 0 Å². The Balaban J connectivity index is 2.64. The van der Waals surface area contributed by atoms with Crippen LogP contribution in [0.4, 0.5) is 10.6 Å². The van der Waals surface area contributed by atoms with E-state index in [0.29, 0.717) is 0 Å². The van der Waals surface area contributed by atoms with Crippen LogP contribution in [0.15, 0.2) is 9.72 Å². The van der Waals surface area contributed by atoms with Crippen LogP contribution in [0.1, 0.15) is 0 Å². The van der Waals surface area contributed by atoms with Gasteiger partial charge in [-0.2, -0.15) is 4.98 Å². The third-order valence-corrected chi connectivity index (χ3v) is 3.04. The molecule has 66 valence electrons. The number of urea groups is 1. The van der Waals surface area contributed by atoms with E-state index < -0.39 is 17.4 Å². The number of nitrogens with two attached hydrogens (primary N) is 2. The maximum atomic E-state index is 11.1. The minimum atomic E-state index is -1.69. The molecular weight excluding hydrogens is 200 g/mol. The molecule has 1 heterocycles. The molecule has 0 aliphatic rings. The lowest BCUT2D eigenvalue weighted by atomic mass is 10.9. The number of aromatic nitrogens is 1. The van der Waals surface area contributed by atoms with Crippen LogP contribution in [0.2, 0.25) is 0 Å². The second-order valence-electron chi connectivity index (χ2n) is 1.77. The molecule has 1 atom stereocenters. The summed E-state index contributed by atoms with van der Waals surface area (Å²) in [5, 5.41) is 1.52. The summed E-state index contributed by atoms with van der Waals surface area (Å²) in [6.45, 7) is 0. The fourth-order valence-corrected chi connectivity index (χ4v) is 2.00. The van der Waals surface area contributed by atoms with Gasteiger partial charge in [-0.25, -0.2) is 4.79 Å². The Morgan fingerprint density at radius 3 is 2.92 bits per heavy atom. The molecule has 1 unspecified atom stereocenters. The molecule has 0 aliphatic heterocycles. The summed E-state index contributed by atoms with van der Waals surface area (Å²) in [4.78, 5) is 13.9. The zero-order chi connectivity index (χ0) is 9.14. The van der Waals surface area contributed by atoms with Crippen molar-refractivity contribution in [3.8, 4) is 0 Å². The molecular formula is C4H6N4O2S2. The number of nitrogens with zero attached hydrogens (tertiary/aromatic N) is 1. The fourth-order valence-electron chi connectivity index (χ4n) is 0.489. The molecule has 1 aromatic heterocycles. The monoisotopic (exact) mass is 206 g/mol. The minimum Gasteiger partial charge on any atom is -0.586 e. The van der Waals surface area contributed by atoms with Gasteiger partial charge in [-0.05, 0) is 0 Å². The van der Waals surface area contributed by atoms with E-state index in [1.165, 1.54) is 5.38 Å². The van der Waals surface area contributed by atoms with Crippen LogP contribution >= 0.6 is 11.3 Å². The average molecular weight is 206 g/mol. The third-order valence-electron chi connectivity index (χ3n) is 0.853. The second-order valence-corrected chi connectivity index (χ2v) is 4.02. The van der Waals surface area contributed by atoms with E-state index in [1.54, 1.807) is 0 Å². The Morgan fingerprint density at radius 1 is 1.83 bits per heavy atom. The summed E-state index contributed by atoms with van der Waals surface area (Å²) in [5.74, 6) is 0.273. The van der Waals surface area contributed by atoms with E-state index in [4.69, 9.17) is 11.5 Å². The van der Waals surface area contributed by atoms with Gasteiger partial charge in [-0.3, -0.25) is 0 Å². The van der Waals surface area contributed by atoms with Gasteiger partial charge in [0.25, 0.3) is 0 Å². The van der Waals surface area contributed by atoms with Gasteiger partial charge < -0.3 is 16.0 Å². The molecule has 0 saturated carbocycles. The van der Waals surface area contributed by atoms with Crippen molar-refractivity contribution in [1.82, 2.24) is 9.71 Å². The Hall–Kier alpha value is -0.990. The lowest BCUT2D eigenvalue weighted by Crippen LogP contribution is -2.34. The molecule has 0 radical (unpaired) electrons. The highest BCUT2D eigenvalue weighted by Gasteiger charge is 2.17. The lowest BCUT2D eigenvalue weighted by Gasteiger charge is -2.02. The number of hydrogen-bond donors (Lipinski definition) is 3. The van der Waals surface area contributed by atoms with Crippen molar-refractivity contribution in [2.24, 2.45) is 5.73 Å². The van der Waals surface area contributed by atoms with Gasteiger partial charge in [0.05, 0.1) is 0 Å². The van der Waals surface area contributed by atoms with Crippen molar-refractivity contribution in [3.63, 3.8) is 0 Å². The van der Waals surface area contributed by atoms with Crippen LogP contribution < -0.4 is 16.2 Å². The van der Waals surface area contributed by atoms with Crippen LogP contribution in [-0.4, -0.2) is 15.6 Å². The highest BCUT2D eigenvalue weighted by Crippen LogP contribution is 2.15. The molecule has 0 fully saturated rings. The highest BCUT2D eigenvalue weighted by atomic mass is 32.2. The normalized spacial score (nSPS) is 12.4. The van der Waals surface area contributed by atoms with Gasteiger partial charge in [0.15, 0.2) is 0 Å². The zero-order valence-corrected chi connectivity index (χ0v) is 7.45. The van der Waals surface area contributed by atoms with E-state index in [9.17, 15) is 9.35 Å². The first-order valence-corrected chi connectivity index (χ1v) is 4.81. The average Bonchev–Trinajstić information content (AvgIpc) is 2.34. The molecule has 1 aromatic rings. The molecule has 6 nitrogen and oxygen atoms in total. The molecule has 12 heavy (non-hydrogen) atoms. The molecule has 2 amide bonds. The number of carbonyl (C=O) groups excluding carboxylic acids is 1. The van der Waals surface area contributed by atoms with Gasteiger partial charge in [0, 0.05) is 5.38 Å².